The van der Waals surface area contributed by atoms with E-state index in [1.807, 2.05) is 19.9 Å². The number of halogens is 1. The van der Waals surface area contributed by atoms with Crippen molar-refractivity contribution in [3.8, 4) is 5.82 Å². The molecule has 2 N–H and O–H groups in total. The Morgan fingerprint density at radius 1 is 1.32 bits per heavy atom. The maximum atomic E-state index is 12.9. The Bertz CT molecular complexity index is 832. The fraction of sp³-hybridized carbons (Fsp3) is 0.412. The lowest BCUT2D eigenvalue weighted by Gasteiger charge is -2.31. The van der Waals surface area contributed by atoms with Gasteiger partial charge in [-0.2, -0.15) is 5.10 Å². The molecule has 1 aliphatic rings. The SMILES string of the molecule is Cc1cc(C)n(-c2ccc(Cl)c(C(=O)N3CCCC(C(N)=O)C3)n2)n1. The molecule has 1 aliphatic heterocycles. The van der Waals surface area contributed by atoms with Crippen molar-refractivity contribution >= 4 is 23.4 Å². The lowest BCUT2D eigenvalue weighted by molar-refractivity contribution is -0.123. The number of nitrogens with two attached hydrogens (primary N) is 1. The molecule has 1 saturated heterocycles. The second kappa shape index (κ2) is 6.84. The first-order valence-corrected chi connectivity index (χ1v) is 8.53. The predicted octanol–water partition coefficient (Wildman–Crippen LogP) is 1.88. The van der Waals surface area contributed by atoms with E-state index in [4.69, 9.17) is 17.3 Å². The zero-order valence-electron chi connectivity index (χ0n) is 14.2. The standard InChI is InChI=1S/C17H20ClN5O2/c1-10-8-11(2)23(21-10)14-6-5-13(18)15(20-14)17(25)22-7-3-4-12(9-22)16(19)24/h5-6,8,12H,3-4,7,9H2,1-2H3,(H2,19,24). The number of aromatic nitrogens is 3. The van der Waals surface area contributed by atoms with Crippen molar-refractivity contribution in [3.63, 3.8) is 0 Å². The number of aryl methyl sites for hydroxylation is 2. The van der Waals surface area contributed by atoms with Crippen molar-refractivity contribution in [2.24, 2.45) is 11.7 Å². The molecule has 2 aromatic heterocycles. The number of carbonyl (C=O) groups excluding carboxylic acids is 2. The first kappa shape index (κ1) is 17.4. The first-order chi connectivity index (χ1) is 11.9. The molecule has 1 fully saturated rings. The van der Waals surface area contributed by atoms with Crippen molar-refractivity contribution in [1.82, 2.24) is 19.7 Å². The van der Waals surface area contributed by atoms with Gasteiger partial charge in [-0.3, -0.25) is 9.59 Å². The van der Waals surface area contributed by atoms with Gasteiger partial charge >= 0.3 is 0 Å². The van der Waals surface area contributed by atoms with Gasteiger partial charge in [0.05, 0.1) is 16.6 Å². The highest BCUT2D eigenvalue weighted by Gasteiger charge is 2.29. The van der Waals surface area contributed by atoms with Gasteiger partial charge in [-0.25, -0.2) is 9.67 Å². The first-order valence-electron chi connectivity index (χ1n) is 8.15. The van der Waals surface area contributed by atoms with Crippen molar-refractivity contribution in [1.29, 1.82) is 0 Å². The molecule has 2 aromatic rings. The molecule has 8 heteroatoms. The molecule has 0 spiro atoms. The highest BCUT2D eigenvalue weighted by atomic mass is 35.5. The number of amides is 2. The molecule has 132 valence electrons. The predicted molar refractivity (Wildman–Crippen MR) is 93.7 cm³/mol. The molecular weight excluding hydrogens is 342 g/mol. The van der Waals surface area contributed by atoms with Crippen LogP contribution in [-0.2, 0) is 4.79 Å². The lowest BCUT2D eigenvalue weighted by atomic mass is 9.97. The number of nitrogens with zero attached hydrogens (tertiary/aromatic N) is 4. The third kappa shape index (κ3) is 3.51. The van der Waals surface area contributed by atoms with Gasteiger partial charge in [-0.15, -0.1) is 0 Å². The van der Waals surface area contributed by atoms with Crippen LogP contribution in [0.4, 0.5) is 0 Å². The summed E-state index contributed by atoms with van der Waals surface area (Å²) >= 11 is 6.21. The molecule has 0 radical (unpaired) electrons. The van der Waals surface area contributed by atoms with E-state index >= 15 is 0 Å². The van der Waals surface area contributed by atoms with Crippen LogP contribution in [0.2, 0.25) is 5.02 Å². The topological polar surface area (TPSA) is 94.1 Å². The van der Waals surface area contributed by atoms with E-state index in [-0.39, 0.29) is 28.4 Å². The lowest BCUT2D eigenvalue weighted by Crippen LogP contribution is -2.44. The van der Waals surface area contributed by atoms with E-state index in [0.717, 1.165) is 17.8 Å². The van der Waals surface area contributed by atoms with E-state index in [9.17, 15) is 9.59 Å². The second-order valence-electron chi connectivity index (χ2n) is 6.33. The second-order valence-corrected chi connectivity index (χ2v) is 6.74. The number of pyridine rings is 1. The minimum Gasteiger partial charge on any atom is -0.369 e. The Morgan fingerprint density at radius 3 is 2.72 bits per heavy atom. The maximum absolute atomic E-state index is 12.9. The average molecular weight is 362 g/mol. The molecule has 0 aliphatic carbocycles. The van der Waals surface area contributed by atoms with E-state index in [1.54, 1.807) is 21.7 Å². The van der Waals surface area contributed by atoms with Crippen molar-refractivity contribution < 1.29 is 9.59 Å². The summed E-state index contributed by atoms with van der Waals surface area (Å²) in [4.78, 5) is 30.3. The van der Waals surface area contributed by atoms with Crippen molar-refractivity contribution in [2.75, 3.05) is 13.1 Å². The number of rotatable bonds is 3. The molecule has 7 nitrogen and oxygen atoms in total. The Balaban J connectivity index is 1.91. The summed E-state index contributed by atoms with van der Waals surface area (Å²) in [7, 11) is 0. The van der Waals surface area contributed by atoms with Gasteiger partial charge in [-0.05, 0) is 44.9 Å². The van der Waals surface area contributed by atoms with Crippen molar-refractivity contribution in [2.45, 2.75) is 26.7 Å². The number of carbonyl (C=O) groups is 2. The van der Waals surface area contributed by atoms with Crippen molar-refractivity contribution in [3.05, 3.63) is 40.3 Å². The Morgan fingerprint density at radius 2 is 2.08 bits per heavy atom. The molecule has 2 amide bonds. The number of hydrogen-bond acceptors (Lipinski definition) is 4. The zero-order chi connectivity index (χ0) is 18.1. The van der Waals surface area contributed by atoms with Crippen LogP contribution in [0.3, 0.4) is 0 Å². The fourth-order valence-electron chi connectivity index (χ4n) is 3.10. The van der Waals surface area contributed by atoms with Crippen LogP contribution in [0.5, 0.6) is 0 Å². The van der Waals surface area contributed by atoms with E-state index in [2.05, 4.69) is 10.1 Å². The van der Waals surface area contributed by atoms with E-state index in [0.29, 0.717) is 25.3 Å². The third-order valence-corrected chi connectivity index (χ3v) is 4.68. The quantitative estimate of drug-likeness (QED) is 0.902. The minimum atomic E-state index is -0.382. The molecule has 0 bridgehead atoms. The summed E-state index contributed by atoms with van der Waals surface area (Å²) in [6.07, 6.45) is 1.43. The smallest absolute Gasteiger partial charge is 0.274 e. The summed E-state index contributed by atoms with van der Waals surface area (Å²) < 4.78 is 1.67. The monoisotopic (exact) mass is 361 g/mol. The summed E-state index contributed by atoms with van der Waals surface area (Å²) in [5.41, 5.74) is 7.33. The molecular formula is C17H20ClN5O2. The van der Waals surface area contributed by atoms with E-state index < -0.39 is 0 Å². The van der Waals surface area contributed by atoms with Crippen LogP contribution in [0, 0.1) is 19.8 Å². The Kier molecular flexibility index (Phi) is 4.76. The van der Waals surface area contributed by atoms with Gasteiger partial charge in [0.2, 0.25) is 5.91 Å². The number of likely N-dealkylation sites (tertiary alicyclic amines) is 1. The third-order valence-electron chi connectivity index (χ3n) is 4.37. The number of primary amides is 1. The van der Waals surface area contributed by atoms with E-state index in [1.165, 1.54) is 0 Å². The van der Waals surface area contributed by atoms with Crippen LogP contribution < -0.4 is 5.73 Å². The van der Waals surface area contributed by atoms with Crippen LogP contribution in [0.15, 0.2) is 18.2 Å². The average Bonchev–Trinajstić information content (AvgIpc) is 2.93. The zero-order valence-corrected chi connectivity index (χ0v) is 15.0. The summed E-state index contributed by atoms with van der Waals surface area (Å²) in [5, 5.41) is 4.66. The normalized spacial score (nSPS) is 17.6. The summed E-state index contributed by atoms with van der Waals surface area (Å²) in [5.74, 6) is -0.468. The molecule has 3 rings (SSSR count). The largest absolute Gasteiger partial charge is 0.369 e. The molecule has 0 saturated carbocycles. The van der Waals surface area contributed by atoms with Crippen LogP contribution in [-0.4, -0.2) is 44.6 Å². The van der Waals surface area contributed by atoms with Gasteiger partial charge in [0.25, 0.3) is 5.91 Å². The number of hydrogen-bond donors (Lipinski definition) is 1. The van der Waals surface area contributed by atoms with Crippen LogP contribution in [0.25, 0.3) is 5.82 Å². The van der Waals surface area contributed by atoms with Gasteiger partial charge in [0.15, 0.2) is 5.82 Å². The van der Waals surface area contributed by atoms with Gasteiger partial charge in [0.1, 0.15) is 5.69 Å². The van der Waals surface area contributed by atoms with Gasteiger partial charge in [0, 0.05) is 18.8 Å². The Hall–Kier alpha value is -2.41. The minimum absolute atomic E-state index is 0.164. The fourth-order valence-corrected chi connectivity index (χ4v) is 3.29. The number of piperidine rings is 1. The van der Waals surface area contributed by atoms with Gasteiger partial charge < -0.3 is 10.6 Å². The Labute approximate surface area is 150 Å². The van der Waals surface area contributed by atoms with Gasteiger partial charge in [-0.1, -0.05) is 11.6 Å². The molecule has 3 heterocycles. The molecule has 0 aromatic carbocycles. The highest BCUT2D eigenvalue weighted by Crippen LogP contribution is 2.22. The summed E-state index contributed by atoms with van der Waals surface area (Å²) in [6, 6.07) is 5.30. The highest BCUT2D eigenvalue weighted by molar-refractivity contribution is 6.33. The molecule has 25 heavy (non-hydrogen) atoms. The van der Waals surface area contributed by atoms with Crippen LogP contribution >= 0.6 is 11.6 Å². The maximum Gasteiger partial charge on any atom is 0.274 e. The molecule has 1 atom stereocenters. The van der Waals surface area contributed by atoms with Crippen LogP contribution in [0.1, 0.15) is 34.7 Å². The summed E-state index contributed by atoms with van der Waals surface area (Å²) in [6.45, 7) is 4.67. The molecule has 1 unspecified atom stereocenters.